The summed E-state index contributed by atoms with van der Waals surface area (Å²) in [5.41, 5.74) is 0. The zero-order valence-corrected chi connectivity index (χ0v) is 11.5. The maximum atomic E-state index is 3.81. The maximum Gasteiger partial charge on any atom is 0.00979 e. The Kier molecular flexibility index (Phi) is 3.75. The lowest BCUT2D eigenvalue weighted by atomic mass is 9.81. The van der Waals surface area contributed by atoms with Gasteiger partial charge in [0.05, 0.1) is 0 Å². The van der Waals surface area contributed by atoms with Gasteiger partial charge in [-0.25, -0.2) is 0 Å². The van der Waals surface area contributed by atoms with E-state index in [1.807, 2.05) is 0 Å². The van der Waals surface area contributed by atoms with E-state index in [2.05, 4.69) is 12.2 Å². The minimum atomic E-state index is 0.854. The van der Waals surface area contributed by atoms with Crippen molar-refractivity contribution in [2.75, 3.05) is 6.54 Å². The highest BCUT2D eigenvalue weighted by atomic mass is 14.9. The van der Waals surface area contributed by atoms with E-state index in [-0.39, 0.29) is 0 Å². The van der Waals surface area contributed by atoms with E-state index in [1.54, 1.807) is 25.7 Å². The number of fused-ring (bicyclic) bond motifs is 2. The first-order valence-electron chi connectivity index (χ1n) is 8.10. The van der Waals surface area contributed by atoms with Gasteiger partial charge in [0.1, 0.15) is 0 Å². The predicted octanol–water partition coefficient (Wildman–Crippen LogP) is 3.98. The summed E-state index contributed by atoms with van der Waals surface area (Å²) in [6.45, 7) is 3.45. The molecule has 0 aromatic rings. The summed E-state index contributed by atoms with van der Waals surface area (Å²) in [6.07, 6.45) is 13.7. The average molecular weight is 235 g/mol. The molecule has 0 radical (unpaired) electrons. The van der Waals surface area contributed by atoms with Crippen LogP contribution in [0.4, 0.5) is 0 Å². The molecule has 0 spiro atoms. The molecule has 3 aliphatic carbocycles. The topological polar surface area (TPSA) is 12.0 Å². The minimum Gasteiger partial charge on any atom is -0.314 e. The molecule has 0 aromatic carbocycles. The van der Waals surface area contributed by atoms with Gasteiger partial charge in [0.2, 0.25) is 0 Å². The summed E-state index contributed by atoms with van der Waals surface area (Å²) in [6, 6.07) is 0.854. The quantitative estimate of drug-likeness (QED) is 0.760. The van der Waals surface area contributed by atoms with Crippen LogP contribution in [0.3, 0.4) is 0 Å². The van der Waals surface area contributed by atoms with Crippen LogP contribution < -0.4 is 5.32 Å². The molecular formula is C16H29N. The Morgan fingerprint density at radius 1 is 1.06 bits per heavy atom. The molecule has 2 bridgehead atoms. The highest BCUT2D eigenvalue weighted by molar-refractivity contribution is 4.93. The summed E-state index contributed by atoms with van der Waals surface area (Å²) in [5.74, 6) is 4.32. The average Bonchev–Trinajstić information content (AvgIpc) is 3.06. The molecule has 3 fully saturated rings. The molecule has 0 saturated heterocycles. The van der Waals surface area contributed by atoms with Crippen molar-refractivity contribution in [1.82, 2.24) is 5.32 Å². The third kappa shape index (κ3) is 2.54. The second-order valence-electron chi connectivity index (χ2n) is 6.88. The lowest BCUT2D eigenvalue weighted by Crippen LogP contribution is -2.37. The van der Waals surface area contributed by atoms with E-state index < -0.39 is 0 Å². The molecular weight excluding hydrogens is 206 g/mol. The summed E-state index contributed by atoms with van der Waals surface area (Å²) in [5, 5.41) is 3.81. The van der Waals surface area contributed by atoms with Gasteiger partial charge in [-0.2, -0.15) is 0 Å². The standard InChI is InChI=1S/C16H29N/c1-2-17-16(13-5-3-4-6-13)11-15-10-12-7-8-14(15)9-12/h12-17H,2-11H2,1H3. The second-order valence-corrected chi connectivity index (χ2v) is 6.88. The Labute approximate surface area is 107 Å². The van der Waals surface area contributed by atoms with E-state index >= 15 is 0 Å². The van der Waals surface area contributed by atoms with Gasteiger partial charge in [-0.05, 0) is 68.7 Å². The van der Waals surface area contributed by atoms with Gasteiger partial charge in [-0.3, -0.25) is 0 Å². The molecule has 4 atom stereocenters. The van der Waals surface area contributed by atoms with Crippen molar-refractivity contribution in [3.8, 4) is 0 Å². The lowest BCUT2D eigenvalue weighted by Gasteiger charge is -2.30. The molecule has 3 rings (SSSR count). The second kappa shape index (κ2) is 5.30. The summed E-state index contributed by atoms with van der Waals surface area (Å²) in [4.78, 5) is 0. The van der Waals surface area contributed by atoms with Crippen LogP contribution in [-0.2, 0) is 0 Å². The van der Waals surface area contributed by atoms with Crippen LogP contribution in [0.2, 0.25) is 0 Å². The Morgan fingerprint density at radius 2 is 1.88 bits per heavy atom. The smallest absolute Gasteiger partial charge is 0.00979 e. The fraction of sp³-hybridized carbons (Fsp3) is 1.00. The van der Waals surface area contributed by atoms with Crippen molar-refractivity contribution >= 4 is 0 Å². The van der Waals surface area contributed by atoms with E-state index in [0.717, 1.165) is 29.7 Å². The van der Waals surface area contributed by atoms with Gasteiger partial charge in [0.25, 0.3) is 0 Å². The van der Waals surface area contributed by atoms with Crippen LogP contribution in [0.5, 0.6) is 0 Å². The molecule has 98 valence electrons. The first-order valence-corrected chi connectivity index (χ1v) is 8.10. The minimum absolute atomic E-state index is 0.854. The molecule has 1 nitrogen and oxygen atoms in total. The number of nitrogens with one attached hydrogen (secondary N) is 1. The van der Waals surface area contributed by atoms with Gasteiger partial charge in [-0.1, -0.05) is 26.2 Å². The molecule has 3 saturated carbocycles. The predicted molar refractivity (Wildman–Crippen MR) is 73.0 cm³/mol. The van der Waals surface area contributed by atoms with E-state index in [0.29, 0.717) is 0 Å². The third-order valence-corrected chi connectivity index (χ3v) is 5.88. The van der Waals surface area contributed by atoms with Crippen molar-refractivity contribution in [3.05, 3.63) is 0 Å². The normalized spacial score (nSPS) is 39.0. The molecule has 0 aromatic heterocycles. The Balaban J connectivity index is 1.56. The Hall–Kier alpha value is -0.0400. The largest absolute Gasteiger partial charge is 0.314 e. The van der Waals surface area contributed by atoms with E-state index in [4.69, 9.17) is 0 Å². The van der Waals surface area contributed by atoms with Crippen molar-refractivity contribution < 1.29 is 0 Å². The van der Waals surface area contributed by atoms with Gasteiger partial charge >= 0.3 is 0 Å². The zero-order chi connectivity index (χ0) is 11.7. The van der Waals surface area contributed by atoms with Crippen molar-refractivity contribution in [3.63, 3.8) is 0 Å². The van der Waals surface area contributed by atoms with Crippen LogP contribution >= 0.6 is 0 Å². The Bertz CT molecular complexity index is 244. The number of hydrogen-bond acceptors (Lipinski definition) is 1. The SMILES string of the molecule is CCNC(CC1CC2CCC1C2)C1CCCC1. The highest BCUT2D eigenvalue weighted by Gasteiger charge is 2.41. The summed E-state index contributed by atoms with van der Waals surface area (Å²) in [7, 11) is 0. The van der Waals surface area contributed by atoms with Crippen molar-refractivity contribution in [1.29, 1.82) is 0 Å². The third-order valence-electron chi connectivity index (χ3n) is 5.88. The summed E-state index contributed by atoms with van der Waals surface area (Å²) < 4.78 is 0. The molecule has 3 aliphatic rings. The van der Waals surface area contributed by atoms with E-state index in [1.165, 1.54) is 38.6 Å². The fourth-order valence-corrected chi connectivity index (χ4v) is 5.06. The van der Waals surface area contributed by atoms with Crippen LogP contribution in [0.15, 0.2) is 0 Å². The van der Waals surface area contributed by atoms with Gasteiger partial charge in [0, 0.05) is 6.04 Å². The maximum absolute atomic E-state index is 3.81. The van der Waals surface area contributed by atoms with Crippen LogP contribution in [0.25, 0.3) is 0 Å². The van der Waals surface area contributed by atoms with Crippen LogP contribution in [0, 0.1) is 23.7 Å². The molecule has 0 aliphatic heterocycles. The zero-order valence-electron chi connectivity index (χ0n) is 11.5. The van der Waals surface area contributed by atoms with Crippen LogP contribution in [-0.4, -0.2) is 12.6 Å². The first-order chi connectivity index (χ1) is 8.36. The van der Waals surface area contributed by atoms with Gasteiger partial charge in [0.15, 0.2) is 0 Å². The van der Waals surface area contributed by atoms with Gasteiger partial charge in [-0.15, -0.1) is 0 Å². The highest BCUT2D eigenvalue weighted by Crippen LogP contribution is 2.50. The van der Waals surface area contributed by atoms with Crippen molar-refractivity contribution in [2.24, 2.45) is 23.7 Å². The molecule has 0 amide bonds. The molecule has 4 unspecified atom stereocenters. The lowest BCUT2D eigenvalue weighted by molar-refractivity contribution is 0.239. The number of hydrogen-bond donors (Lipinski definition) is 1. The summed E-state index contributed by atoms with van der Waals surface area (Å²) >= 11 is 0. The fourth-order valence-electron chi connectivity index (χ4n) is 5.06. The van der Waals surface area contributed by atoms with Gasteiger partial charge < -0.3 is 5.32 Å². The number of rotatable bonds is 5. The molecule has 0 heterocycles. The molecule has 17 heavy (non-hydrogen) atoms. The van der Waals surface area contributed by atoms with E-state index in [9.17, 15) is 0 Å². The Morgan fingerprint density at radius 3 is 2.47 bits per heavy atom. The monoisotopic (exact) mass is 235 g/mol. The van der Waals surface area contributed by atoms with Crippen molar-refractivity contribution in [2.45, 2.75) is 70.8 Å². The molecule has 1 N–H and O–H groups in total. The van der Waals surface area contributed by atoms with Crippen LogP contribution in [0.1, 0.15) is 64.7 Å². The molecule has 1 heteroatoms. The first kappa shape index (κ1) is 12.0.